The first-order chi connectivity index (χ1) is 10.7. The van der Waals surface area contributed by atoms with Gasteiger partial charge in [-0.2, -0.15) is 5.10 Å². The molecule has 0 saturated carbocycles. The van der Waals surface area contributed by atoms with E-state index in [0.29, 0.717) is 17.7 Å². The van der Waals surface area contributed by atoms with Crippen LogP contribution in [0.2, 0.25) is 0 Å². The molecular weight excluding hydrogens is 280 g/mol. The number of phenolic OH excluding ortho intramolecular Hbond substituents is 1. The number of nitrogens with one attached hydrogen (secondary N) is 1. The number of amides is 1. The highest BCUT2D eigenvalue weighted by molar-refractivity contribution is 6.02. The van der Waals surface area contributed by atoms with Crippen molar-refractivity contribution in [3.63, 3.8) is 0 Å². The Labute approximate surface area is 129 Å². The number of hydrazone groups is 1. The number of aromatic hydroxyl groups is 1. The maximum Gasteiger partial charge on any atom is 0.428 e. The normalized spacial score (nSPS) is 11.0. The molecule has 0 aromatic heterocycles. The van der Waals surface area contributed by atoms with Gasteiger partial charge in [-0.05, 0) is 24.1 Å². The quantitative estimate of drug-likeness (QED) is 0.656. The number of carbonyl (C=O) groups excluding carboxylic acids is 1. The summed E-state index contributed by atoms with van der Waals surface area (Å²) in [7, 11) is 0. The van der Waals surface area contributed by atoms with E-state index in [2.05, 4.69) is 10.5 Å². The zero-order valence-corrected chi connectivity index (χ0v) is 12.3. The van der Waals surface area contributed by atoms with Crippen molar-refractivity contribution in [2.45, 2.75) is 20.0 Å². The van der Waals surface area contributed by atoms with Crippen molar-refractivity contribution in [2.24, 2.45) is 5.10 Å². The van der Waals surface area contributed by atoms with Crippen LogP contribution in [-0.2, 0) is 11.3 Å². The van der Waals surface area contributed by atoms with Gasteiger partial charge in [0.25, 0.3) is 0 Å². The van der Waals surface area contributed by atoms with E-state index in [-0.39, 0.29) is 12.4 Å². The fraction of sp³-hybridized carbons (Fsp3) is 0.176. The molecule has 0 saturated heterocycles. The summed E-state index contributed by atoms with van der Waals surface area (Å²) in [6.45, 7) is 2.07. The molecule has 0 bridgehead atoms. The minimum Gasteiger partial charge on any atom is -0.507 e. The van der Waals surface area contributed by atoms with Gasteiger partial charge in [-0.3, -0.25) is 0 Å². The minimum atomic E-state index is -0.634. The number of benzene rings is 2. The van der Waals surface area contributed by atoms with E-state index < -0.39 is 6.09 Å². The second kappa shape index (κ2) is 7.83. The van der Waals surface area contributed by atoms with Crippen LogP contribution in [0.5, 0.6) is 5.75 Å². The summed E-state index contributed by atoms with van der Waals surface area (Å²) < 4.78 is 5.07. The summed E-state index contributed by atoms with van der Waals surface area (Å²) in [5.41, 5.74) is 4.42. The van der Waals surface area contributed by atoms with Crippen molar-refractivity contribution in [1.82, 2.24) is 5.43 Å². The number of carbonyl (C=O) groups is 1. The lowest BCUT2D eigenvalue weighted by Crippen LogP contribution is -2.21. The predicted molar refractivity (Wildman–Crippen MR) is 84.7 cm³/mol. The molecule has 5 nitrogen and oxygen atoms in total. The van der Waals surface area contributed by atoms with Gasteiger partial charge in [0.1, 0.15) is 12.4 Å². The van der Waals surface area contributed by atoms with Crippen molar-refractivity contribution in [2.75, 3.05) is 0 Å². The Morgan fingerprint density at radius 3 is 2.50 bits per heavy atom. The summed E-state index contributed by atoms with van der Waals surface area (Å²) in [5.74, 6) is 0.127. The third-order valence-electron chi connectivity index (χ3n) is 3.04. The average Bonchev–Trinajstić information content (AvgIpc) is 2.56. The third-order valence-corrected chi connectivity index (χ3v) is 3.04. The zero-order valence-electron chi connectivity index (χ0n) is 12.3. The van der Waals surface area contributed by atoms with Gasteiger partial charge < -0.3 is 9.84 Å². The monoisotopic (exact) mass is 298 g/mol. The van der Waals surface area contributed by atoms with Crippen molar-refractivity contribution in [3.8, 4) is 5.75 Å². The topological polar surface area (TPSA) is 70.9 Å². The molecule has 0 unspecified atom stereocenters. The first-order valence-corrected chi connectivity index (χ1v) is 7.02. The fourth-order valence-corrected chi connectivity index (χ4v) is 1.92. The molecule has 1 amide bonds. The molecule has 0 spiro atoms. The van der Waals surface area contributed by atoms with Crippen LogP contribution in [0.4, 0.5) is 4.79 Å². The second-order valence-corrected chi connectivity index (χ2v) is 4.60. The summed E-state index contributed by atoms with van der Waals surface area (Å²) in [6, 6.07) is 16.2. The standard InChI is InChI=1S/C17H18N2O3/c1-2-15(14-10-6-7-11-16(14)20)18-19-17(21)22-12-13-8-4-3-5-9-13/h3-11,20H,2,12H2,1H3,(H,19,21)/b18-15+. The molecule has 114 valence electrons. The van der Waals surface area contributed by atoms with E-state index in [4.69, 9.17) is 4.74 Å². The summed E-state index contributed by atoms with van der Waals surface area (Å²) in [5, 5.41) is 13.8. The molecule has 2 rings (SSSR count). The van der Waals surface area contributed by atoms with E-state index in [1.54, 1.807) is 24.3 Å². The Balaban J connectivity index is 1.94. The molecular formula is C17H18N2O3. The Bertz CT molecular complexity index is 654. The fourth-order valence-electron chi connectivity index (χ4n) is 1.92. The highest BCUT2D eigenvalue weighted by atomic mass is 16.6. The lowest BCUT2D eigenvalue weighted by molar-refractivity contribution is 0.140. The lowest BCUT2D eigenvalue weighted by atomic mass is 10.1. The largest absolute Gasteiger partial charge is 0.507 e. The van der Waals surface area contributed by atoms with Gasteiger partial charge in [0, 0.05) is 5.56 Å². The predicted octanol–water partition coefficient (Wildman–Crippen LogP) is 3.43. The molecule has 2 N–H and O–H groups in total. The van der Waals surface area contributed by atoms with Gasteiger partial charge in [0.05, 0.1) is 5.71 Å². The Kier molecular flexibility index (Phi) is 5.54. The van der Waals surface area contributed by atoms with Gasteiger partial charge in [-0.25, -0.2) is 10.2 Å². The van der Waals surface area contributed by atoms with E-state index in [1.165, 1.54) is 0 Å². The van der Waals surface area contributed by atoms with Crippen LogP contribution < -0.4 is 5.43 Å². The van der Waals surface area contributed by atoms with Crippen molar-refractivity contribution >= 4 is 11.8 Å². The number of rotatable bonds is 5. The van der Waals surface area contributed by atoms with Crippen LogP contribution in [-0.4, -0.2) is 16.9 Å². The zero-order chi connectivity index (χ0) is 15.8. The Morgan fingerprint density at radius 1 is 1.14 bits per heavy atom. The number of nitrogens with zero attached hydrogens (tertiary/aromatic N) is 1. The van der Waals surface area contributed by atoms with Gasteiger partial charge in [0.15, 0.2) is 0 Å². The number of para-hydroxylation sites is 1. The molecule has 2 aromatic rings. The number of ether oxygens (including phenoxy) is 1. The van der Waals surface area contributed by atoms with Crippen molar-refractivity contribution < 1.29 is 14.6 Å². The number of hydrogen-bond acceptors (Lipinski definition) is 4. The molecule has 0 heterocycles. The highest BCUT2D eigenvalue weighted by Gasteiger charge is 2.08. The Hall–Kier alpha value is -2.82. The van der Waals surface area contributed by atoms with E-state index >= 15 is 0 Å². The number of phenols is 1. The van der Waals surface area contributed by atoms with E-state index in [1.807, 2.05) is 37.3 Å². The van der Waals surface area contributed by atoms with Crippen LogP contribution in [0.3, 0.4) is 0 Å². The van der Waals surface area contributed by atoms with Gasteiger partial charge in [-0.15, -0.1) is 0 Å². The molecule has 0 radical (unpaired) electrons. The van der Waals surface area contributed by atoms with E-state index in [9.17, 15) is 9.90 Å². The van der Waals surface area contributed by atoms with E-state index in [0.717, 1.165) is 5.56 Å². The first-order valence-electron chi connectivity index (χ1n) is 7.02. The second-order valence-electron chi connectivity index (χ2n) is 4.60. The molecule has 2 aromatic carbocycles. The van der Waals surface area contributed by atoms with Crippen molar-refractivity contribution in [1.29, 1.82) is 0 Å². The smallest absolute Gasteiger partial charge is 0.428 e. The average molecular weight is 298 g/mol. The minimum absolute atomic E-state index is 0.127. The van der Waals surface area contributed by atoms with Gasteiger partial charge in [0.2, 0.25) is 0 Å². The SMILES string of the molecule is CC/C(=N\NC(=O)OCc1ccccc1)c1ccccc1O. The van der Waals surface area contributed by atoms with Crippen LogP contribution in [0.15, 0.2) is 59.7 Å². The lowest BCUT2D eigenvalue weighted by Gasteiger charge is -2.07. The summed E-state index contributed by atoms with van der Waals surface area (Å²) >= 11 is 0. The molecule has 5 heteroatoms. The van der Waals surface area contributed by atoms with Crippen LogP contribution >= 0.6 is 0 Å². The molecule has 0 aliphatic heterocycles. The summed E-state index contributed by atoms with van der Waals surface area (Å²) in [4.78, 5) is 11.7. The molecule has 0 aliphatic carbocycles. The molecule has 0 aliphatic rings. The maximum atomic E-state index is 11.7. The molecule has 22 heavy (non-hydrogen) atoms. The molecule has 0 atom stereocenters. The van der Waals surface area contributed by atoms with Crippen LogP contribution in [0.1, 0.15) is 24.5 Å². The molecule has 0 fully saturated rings. The highest BCUT2D eigenvalue weighted by Crippen LogP contribution is 2.17. The van der Waals surface area contributed by atoms with Crippen LogP contribution in [0, 0.1) is 0 Å². The van der Waals surface area contributed by atoms with Crippen LogP contribution in [0.25, 0.3) is 0 Å². The van der Waals surface area contributed by atoms with Gasteiger partial charge >= 0.3 is 6.09 Å². The van der Waals surface area contributed by atoms with Crippen molar-refractivity contribution in [3.05, 3.63) is 65.7 Å². The first kappa shape index (κ1) is 15.6. The van der Waals surface area contributed by atoms with Gasteiger partial charge in [-0.1, -0.05) is 49.4 Å². The Morgan fingerprint density at radius 2 is 1.82 bits per heavy atom. The summed E-state index contributed by atoms with van der Waals surface area (Å²) in [6.07, 6.45) is -0.0680. The number of hydrogen-bond donors (Lipinski definition) is 2. The maximum absolute atomic E-state index is 11.7. The third kappa shape index (κ3) is 4.34.